The van der Waals surface area contributed by atoms with Crippen molar-refractivity contribution in [1.29, 1.82) is 0 Å². The molecule has 0 atom stereocenters. The minimum absolute atomic E-state index is 0.574. The number of hydrogen-bond donors (Lipinski definition) is 0. The number of aryl methyl sites for hydroxylation is 2. The number of thiophene rings is 1. The molecular formula is C23H32N2S. The Balaban J connectivity index is 1.32. The quantitative estimate of drug-likeness (QED) is 0.728. The van der Waals surface area contributed by atoms with E-state index in [1.165, 1.54) is 72.7 Å². The Labute approximate surface area is 162 Å². The standard InChI is InChI=1S/C23H32N2S/c1-19-4-7-21(8-5-19)16-25-13-3-10-23(18-25)11-14-24(15-12-23)17-22-9-6-20(2)26-22/h4-9H,3,10-18H2,1-2H3. The van der Waals surface area contributed by atoms with E-state index in [1.807, 2.05) is 11.3 Å². The molecule has 2 nitrogen and oxygen atoms in total. The fraction of sp³-hybridized carbons (Fsp3) is 0.565. The van der Waals surface area contributed by atoms with Crippen LogP contribution in [0.15, 0.2) is 36.4 Å². The van der Waals surface area contributed by atoms with Crippen LogP contribution in [-0.2, 0) is 13.1 Å². The SMILES string of the molecule is Cc1ccc(CN2CCCC3(CCN(Cc4ccc(C)s4)CC3)C2)cc1. The van der Waals surface area contributed by atoms with Crippen LogP contribution in [0.25, 0.3) is 0 Å². The zero-order valence-corrected chi connectivity index (χ0v) is 17.2. The first-order valence-electron chi connectivity index (χ1n) is 10.2. The molecule has 2 aliphatic rings. The van der Waals surface area contributed by atoms with E-state index in [2.05, 4.69) is 60.0 Å². The lowest BCUT2D eigenvalue weighted by Gasteiger charge is -2.47. The molecule has 2 saturated heterocycles. The van der Waals surface area contributed by atoms with Crippen LogP contribution >= 0.6 is 11.3 Å². The fourth-order valence-corrected chi connectivity index (χ4v) is 5.71. The summed E-state index contributed by atoms with van der Waals surface area (Å²) in [6.07, 6.45) is 5.56. The highest BCUT2D eigenvalue weighted by Crippen LogP contribution is 2.40. The molecule has 4 rings (SSSR count). The molecule has 0 saturated carbocycles. The smallest absolute Gasteiger partial charge is 0.0328 e. The predicted molar refractivity (Wildman–Crippen MR) is 112 cm³/mol. The molecule has 0 bridgehead atoms. The van der Waals surface area contributed by atoms with Gasteiger partial charge in [-0.3, -0.25) is 9.80 Å². The molecule has 2 fully saturated rings. The van der Waals surface area contributed by atoms with Crippen LogP contribution in [0.1, 0.15) is 46.6 Å². The second-order valence-corrected chi connectivity index (χ2v) is 9.96. The molecule has 0 aliphatic carbocycles. The van der Waals surface area contributed by atoms with Gasteiger partial charge in [0.2, 0.25) is 0 Å². The molecule has 2 aromatic rings. The van der Waals surface area contributed by atoms with Gasteiger partial charge in [-0.25, -0.2) is 0 Å². The van der Waals surface area contributed by atoms with Gasteiger partial charge in [-0.15, -0.1) is 11.3 Å². The van der Waals surface area contributed by atoms with Crippen LogP contribution < -0.4 is 0 Å². The number of rotatable bonds is 4. The molecule has 3 heterocycles. The summed E-state index contributed by atoms with van der Waals surface area (Å²) < 4.78 is 0. The van der Waals surface area contributed by atoms with E-state index >= 15 is 0 Å². The number of likely N-dealkylation sites (tertiary alicyclic amines) is 2. The third-order valence-electron chi connectivity index (χ3n) is 6.36. The lowest BCUT2D eigenvalue weighted by atomic mass is 9.72. The normalized spacial score (nSPS) is 21.3. The van der Waals surface area contributed by atoms with Crippen molar-refractivity contribution in [1.82, 2.24) is 9.80 Å². The Kier molecular flexibility index (Phi) is 5.49. The van der Waals surface area contributed by atoms with Crippen LogP contribution in [-0.4, -0.2) is 36.0 Å². The van der Waals surface area contributed by atoms with Crippen molar-refractivity contribution in [2.45, 2.75) is 52.6 Å². The number of piperidine rings is 2. The van der Waals surface area contributed by atoms with E-state index in [0.717, 1.165) is 13.1 Å². The summed E-state index contributed by atoms with van der Waals surface area (Å²) >= 11 is 1.96. The maximum Gasteiger partial charge on any atom is 0.0328 e. The van der Waals surface area contributed by atoms with Gasteiger partial charge in [0.15, 0.2) is 0 Å². The van der Waals surface area contributed by atoms with Crippen molar-refractivity contribution >= 4 is 11.3 Å². The first kappa shape index (κ1) is 18.2. The minimum Gasteiger partial charge on any atom is -0.299 e. The van der Waals surface area contributed by atoms with Crippen molar-refractivity contribution in [3.8, 4) is 0 Å². The molecule has 140 valence electrons. The van der Waals surface area contributed by atoms with Gasteiger partial charge in [-0.05, 0) is 82.3 Å². The van der Waals surface area contributed by atoms with E-state index in [9.17, 15) is 0 Å². The lowest BCUT2D eigenvalue weighted by Crippen LogP contribution is -2.49. The average molecular weight is 369 g/mol. The molecule has 0 radical (unpaired) electrons. The van der Waals surface area contributed by atoms with Gasteiger partial charge in [0, 0.05) is 29.4 Å². The summed E-state index contributed by atoms with van der Waals surface area (Å²) in [6.45, 7) is 11.8. The molecule has 1 aromatic heterocycles. The van der Waals surface area contributed by atoms with E-state index in [0.29, 0.717) is 5.41 Å². The van der Waals surface area contributed by atoms with Crippen LogP contribution in [0, 0.1) is 19.3 Å². The van der Waals surface area contributed by atoms with Crippen molar-refractivity contribution < 1.29 is 0 Å². The molecule has 0 unspecified atom stereocenters. The van der Waals surface area contributed by atoms with Gasteiger partial charge < -0.3 is 0 Å². The fourth-order valence-electron chi connectivity index (χ4n) is 4.78. The summed E-state index contributed by atoms with van der Waals surface area (Å²) in [5.74, 6) is 0. The highest BCUT2D eigenvalue weighted by molar-refractivity contribution is 7.11. The number of hydrogen-bond acceptors (Lipinski definition) is 3. The van der Waals surface area contributed by atoms with Gasteiger partial charge >= 0.3 is 0 Å². The zero-order chi connectivity index (χ0) is 18.0. The Morgan fingerprint density at radius 3 is 2.31 bits per heavy atom. The highest BCUT2D eigenvalue weighted by Gasteiger charge is 2.38. The first-order valence-corrected chi connectivity index (χ1v) is 11.0. The maximum atomic E-state index is 2.71. The van der Waals surface area contributed by atoms with Crippen molar-refractivity contribution in [2.75, 3.05) is 26.2 Å². The summed E-state index contributed by atoms with van der Waals surface area (Å²) in [6, 6.07) is 13.7. The summed E-state index contributed by atoms with van der Waals surface area (Å²) in [5, 5.41) is 0. The van der Waals surface area contributed by atoms with E-state index in [1.54, 1.807) is 0 Å². The molecule has 0 amide bonds. The van der Waals surface area contributed by atoms with Gasteiger partial charge in [0.1, 0.15) is 0 Å². The molecule has 26 heavy (non-hydrogen) atoms. The molecule has 3 heteroatoms. The van der Waals surface area contributed by atoms with E-state index in [-0.39, 0.29) is 0 Å². The number of nitrogens with zero attached hydrogens (tertiary/aromatic N) is 2. The topological polar surface area (TPSA) is 6.48 Å². The molecule has 0 N–H and O–H groups in total. The highest BCUT2D eigenvalue weighted by atomic mass is 32.1. The summed E-state index contributed by atoms with van der Waals surface area (Å²) in [7, 11) is 0. The largest absolute Gasteiger partial charge is 0.299 e. The van der Waals surface area contributed by atoms with Crippen LogP contribution in [0.3, 0.4) is 0 Å². The van der Waals surface area contributed by atoms with E-state index in [4.69, 9.17) is 0 Å². The molecule has 1 spiro atoms. The lowest BCUT2D eigenvalue weighted by molar-refractivity contribution is 0.0188. The zero-order valence-electron chi connectivity index (χ0n) is 16.3. The van der Waals surface area contributed by atoms with Crippen LogP contribution in [0.2, 0.25) is 0 Å². The number of benzene rings is 1. The second kappa shape index (κ2) is 7.84. The van der Waals surface area contributed by atoms with Crippen LogP contribution in [0.5, 0.6) is 0 Å². The summed E-state index contributed by atoms with van der Waals surface area (Å²) in [4.78, 5) is 8.36. The Hall–Kier alpha value is -1.16. The Morgan fingerprint density at radius 1 is 0.846 bits per heavy atom. The minimum atomic E-state index is 0.574. The second-order valence-electron chi connectivity index (χ2n) is 8.59. The average Bonchev–Trinajstić information content (AvgIpc) is 3.04. The van der Waals surface area contributed by atoms with Crippen molar-refractivity contribution in [3.05, 3.63) is 57.3 Å². The van der Waals surface area contributed by atoms with Gasteiger partial charge in [-0.1, -0.05) is 29.8 Å². The molecule has 2 aliphatic heterocycles. The summed E-state index contributed by atoms with van der Waals surface area (Å²) in [5.41, 5.74) is 3.40. The van der Waals surface area contributed by atoms with Gasteiger partial charge in [0.25, 0.3) is 0 Å². The van der Waals surface area contributed by atoms with Crippen LogP contribution in [0.4, 0.5) is 0 Å². The predicted octanol–water partition coefficient (Wildman–Crippen LogP) is 5.24. The van der Waals surface area contributed by atoms with Gasteiger partial charge in [-0.2, -0.15) is 0 Å². The van der Waals surface area contributed by atoms with E-state index < -0.39 is 0 Å². The Bertz CT molecular complexity index is 710. The third kappa shape index (κ3) is 4.39. The van der Waals surface area contributed by atoms with Crippen molar-refractivity contribution in [2.24, 2.45) is 5.41 Å². The Morgan fingerprint density at radius 2 is 1.62 bits per heavy atom. The molecular weight excluding hydrogens is 336 g/mol. The van der Waals surface area contributed by atoms with Crippen molar-refractivity contribution in [3.63, 3.8) is 0 Å². The monoisotopic (exact) mass is 368 g/mol. The molecule has 1 aromatic carbocycles. The maximum absolute atomic E-state index is 2.71. The first-order chi connectivity index (χ1) is 12.6. The van der Waals surface area contributed by atoms with Gasteiger partial charge in [0.05, 0.1) is 0 Å². The third-order valence-corrected chi connectivity index (χ3v) is 7.34.